The monoisotopic (exact) mass is 583 g/mol. The van der Waals surface area contributed by atoms with Crippen LogP contribution in [0.4, 0.5) is 4.39 Å². The van der Waals surface area contributed by atoms with Gasteiger partial charge in [0.2, 0.25) is 0 Å². The molecule has 1 aromatic heterocycles. The minimum absolute atomic E-state index is 0.0723. The van der Waals surface area contributed by atoms with Crippen LogP contribution >= 0.6 is 0 Å². The van der Waals surface area contributed by atoms with Crippen molar-refractivity contribution >= 4 is 28.9 Å². The van der Waals surface area contributed by atoms with E-state index in [0.717, 1.165) is 54.4 Å². The van der Waals surface area contributed by atoms with Gasteiger partial charge >= 0.3 is 5.97 Å². The van der Waals surface area contributed by atoms with E-state index in [-0.39, 0.29) is 11.9 Å². The van der Waals surface area contributed by atoms with E-state index in [1.807, 2.05) is 23.1 Å². The molecule has 1 saturated carbocycles. The first-order valence-corrected chi connectivity index (χ1v) is 16.1. The summed E-state index contributed by atoms with van der Waals surface area (Å²) in [6.07, 6.45) is 10.4. The minimum atomic E-state index is -1.10. The molecule has 0 radical (unpaired) electrons. The second-order valence-corrected chi connectivity index (χ2v) is 13.3. The zero-order chi connectivity index (χ0) is 29.7. The van der Waals surface area contributed by atoms with Crippen molar-refractivity contribution in [3.05, 3.63) is 64.7 Å². The third-order valence-corrected chi connectivity index (χ3v) is 10.4. The molecule has 2 saturated heterocycles. The predicted molar refractivity (Wildman–Crippen MR) is 168 cm³/mol. The summed E-state index contributed by atoms with van der Waals surface area (Å²) in [5.74, 6) is 0.159. The molecule has 1 amide bonds. The van der Waals surface area contributed by atoms with Crippen LogP contribution in [0.1, 0.15) is 85.7 Å². The maximum absolute atomic E-state index is 14.5. The molecule has 3 fully saturated rings. The van der Waals surface area contributed by atoms with Crippen LogP contribution in [0.2, 0.25) is 0 Å². The molecule has 7 heteroatoms. The molecule has 4 aliphatic rings. The highest BCUT2D eigenvalue weighted by Gasteiger charge is 2.39. The van der Waals surface area contributed by atoms with E-state index in [9.17, 15) is 14.0 Å². The van der Waals surface area contributed by atoms with Crippen molar-refractivity contribution in [2.24, 2.45) is 0 Å². The molecule has 3 aliphatic heterocycles. The smallest absolute Gasteiger partial charge is 0.337 e. The van der Waals surface area contributed by atoms with E-state index in [0.29, 0.717) is 50.1 Å². The molecule has 0 spiro atoms. The van der Waals surface area contributed by atoms with Crippen molar-refractivity contribution in [1.82, 2.24) is 14.4 Å². The first-order valence-electron chi connectivity index (χ1n) is 16.1. The number of carbonyl (C=O) groups excluding carboxylic acids is 2. The van der Waals surface area contributed by atoms with Crippen molar-refractivity contribution in [3.8, 4) is 11.3 Å². The number of hydrogen-bond donors (Lipinski definition) is 0. The number of rotatable bonds is 4. The Balaban J connectivity index is 1.26. The Morgan fingerprint density at radius 3 is 2.47 bits per heavy atom. The molecule has 0 unspecified atom stereocenters. The van der Waals surface area contributed by atoms with Crippen molar-refractivity contribution in [2.75, 3.05) is 33.3 Å². The number of nitrogens with zero attached hydrogens (tertiary/aromatic N) is 3. The van der Waals surface area contributed by atoms with E-state index in [1.54, 1.807) is 6.92 Å². The van der Waals surface area contributed by atoms with Gasteiger partial charge < -0.3 is 14.2 Å². The molecule has 0 bridgehead atoms. The SMILES string of the molecule is COC(=O)c1ccc2c(C3CCCCC3)c3n(c2c1)CC(C(=O)N1CCC(N2CC[C@](C)(F)C2)CC1)=Cc1ccccc1-3. The fourth-order valence-corrected chi connectivity index (χ4v) is 8.16. The van der Waals surface area contributed by atoms with Crippen LogP contribution in [0, 0.1) is 0 Å². The zero-order valence-electron chi connectivity index (χ0n) is 25.4. The predicted octanol–water partition coefficient (Wildman–Crippen LogP) is 6.96. The minimum Gasteiger partial charge on any atom is -0.465 e. The lowest BCUT2D eigenvalue weighted by atomic mass is 9.81. The van der Waals surface area contributed by atoms with E-state index in [1.165, 1.54) is 43.0 Å². The Morgan fingerprint density at radius 2 is 1.74 bits per heavy atom. The van der Waals surface area contributed by atoms with Gasteiger partial charge in [-0.3, -0.25) is 9.69 Å². The summed E-state index contributed by atoms with van der Waals surface area (Å²) in [4.78, 5) is 31.1. The van der Waals surface area contributed by atoms with E-state index in [4.69, 9.17) is 4.74 Å². The van der Waals surface area contributed by atoms with Gasteiger partial charge in [-0.05, 0) is 74.3 Å². The quantitative estimate of drug-likeness (QED) is 0.312. The maximum atomic E-state index is 14.5. The third kappa shape index (κ3) is 5.20. The molecular weight excluding hydrogens is 541 g/mol. The van der Waals surface area contributed by atoms with Gasteiger partial charge in [-0.15, -0.1) is 0 Å². The van der Waals surface area contributed by atoms with Crippen molar-refractivity contribution in [1.29, 1.82) is 0 Å². The van der Waals surface area contributed by atoms with Gasteiger partial charge in [-0.2, -0.15) is 0 Å². The fourth-order valence-electron chi connectivity index (χ4n) is 8.16. The first-order chi connectivity index (χ1) is 20.8. The number of esters is 1. The molecule has 1 atom stereocenters. The first kappa shape index (κ1) is 28.3. The highest BCUT2D eigenvalue weighted by Crippen LogP contribution is 2.46. The Morgan fingerprint density at radius 1 is 0.977 bits per heavy atom. The number of halogens is 1. The van der Waals surface area contributed by atoms with Gasteiger partial charge in [0.25, 0.3) is 5.91 Å². The molecular formula is C36H42FN3O3. The number of alkyl halides is 1. The third-order valence-electron chi connectivity index (χ3n) is 10.4. The molecule has 7 rings (SSSR count). The summed E-state index contributed by atoms with van der Waals surface area (Å²) in [5.41, 5.74) is 5.90. The number of ether oxygens (including phenoxy) is 1. The highest BCUT2D eigenvalue weighted by atomic mass is 19.1. The highest BCUT2D eigenvalue weighted by molar-refractivity contribution is 6.03. The summed E-state index contributed by atoms with van der Waals surface area (Å²) < 4.78 is 21.9. The topological polar surface area (TPSA) is 54.8 Å². The Kier molecular flexibility index (Phi) is 7.40. The number of benzene rings is 2. The van der Waals surface area contributed by atoms with Gasteiger partial charge in [0.1, 0.15) is 5.67 Å². The zero-order valence-corrected chi connectivity index (χ0v) is 25.4. The Bertz CT molecular complexity index is 1590. The van der Waals surface area contributed by atoms with Crippen LogP contribution in [0.5, 0.6) is 0 Å². The van der Waals surface area contributed by atoms with Crippen LogP contribution in [0.3, 0.4) is 0 Å². The Labute approximate surface area is 253 Å². The summed E-state index contributed by atoms with van der Waals surface area (Å²) >= 11 is 0. The molecule has 3 aromatic rings. The number of carbonyl (C=O) groups is 2. The Hall–Kier alpha value is -3.45. The lowest BCUT2D eigenvalue weighted by Gasteiger charge is -2.37. The van der Waals surface area contributed by atoms with Gasteiger partial charge in [-0.25, -0.2) is 9.18 Å². The van der Waals surface area contributed by atoms with Gasteiger partial charge in [-0.1, -0.05) is 49.6 Å². The van der Waals surface area contributed by atoms with Crippen LogP contribution in [0.25, 0.3) is 28.2 Å². The standard InChI is InChI=1S/C36H42FN3O3/c1-36(37)16-19-39(23-36)28-14-17-38(18-15-28)34(41)27-20-25-10-6-7-11-29(25)33-32(24-8-4-3-5-9-24)30-13-12-26(35(42)43-2)21-31(30)40(33)22-27/h6-7,10-13,20-21,24,28H,3-5,8-9,14-19,22-23H2,1-2H3/t36-/m0/s1. The molecule has 4 heterocycles. The van der Waals surface area contributed by atoms with Crippen LogP contribution in [-0.4, -0.2) is 71.2 Å². The summed E-state index contributed by atoms with van der Waals surface area (Å²) in [7, 11) is 1.41. The van der Waals surface area contributed by atoms with Gasteiger partial charge in [0.15, 0.2) is 0 Å². The molecule has 0 N–H and O–H groups in total. The summed E-state index contributed by atoms with van der Waals surface area (Å²) in [6.45, 7) is 4.81. The second kappa shape index (κ2) is 11.2. The fraction of sp³-hybridized carbons (Fsp3) is 0.500. The average molecular weight is 584 g/mol. The van der Waals surface area contributed by atoms with Crippen molar-refractivity contribution in [2.45, 2.75) is 82.5 Å². The molecule has 1 aliphatic carbocycles. The van der Waals surface area contributed by atoms with E-state index in [2.05, 4.69) is 39.8 Å². The number of amides is 1. The van der Waals surface area contributed by atoms with Gasteiger partial charge in [0, 0.05) is 54.3 Å². The maximum Gasteiger partial charge on any atom is 0.337 e. The van der Waals surface area contributed by atoms with Gasteiger partial charge in [0.05, 0.1) is 24.9 Å². The molecule has 226 valence electrons. The lowest BCUT2D eigenvalue weighted by molar-refractivity contribution is -0.128. The molecule has 2 aromatic carbocycles. The number of methoxy groups -OCH3 is 1. The summed E-state index contributed by atoms with van der Waals surface area (Å²) in [5, 5.41) is 1.17. The molecule has 6 nitrogen and oxygen atoms in total. The summed E-state index contributed by atoms with van der Waals surface area (Å²) in [6, 6.07) is 14.7. The number of piperidine rings is 1. The van der Waals surface area contributed by atoms with Crippen LogP contribution in [-0.2, 0) is 16.1 Å². The average Bonchev–Trinajstić information content (AvgIpc) is 3.50. The van der Waals surface area contributed by atoms with E-state index < -0.39 is 5.67 Å². The van der Waals surface area contributed by atoms with E-state index >= 15 is 0 Å². The number of fused-ring (bicyclic) bond motifs is 5. The number of hydrogen-bond acceptors (Lipinski definition) is 4. The normalized spacial score (nSPS) is 23.5. The number of aromatic nitrogens is 1. The van der Waals surface area contributed by atoms with Crippen LogP contribution in [0.15, 0.2) is 48.0 Å². The largest absolute Gasteiger partial charge is 0.465 e. The molecule has 43 heavy (non-hydrogen) atoms. The number of likely N-dealkylation sites (tertiary alicyclic amines) is 2. The second-order valence-electron chi connectivity index (χ2n) is 13.3. The van der Waals surface area contributed by atoms with Crippen molar-refractivity contribution in [3.63, 3.8) is 0 Å². The lowest BCUT2D eigenvalue weighted by Crippen LogP contribution is -2.47. The van der Waals surface area contributed by atoms with Crippen molar-refractivity contribution < 1.29 is 18.7 Å². The van der Waals surface area contributed by atoms with Crippen LogP contribution < -0.4 is 0 Å².